The highest BCUT2D eigenvalue weighted by molar-refractivity contribution is 5.46. The predicted octanol–water partition coefficient (Wildman–Crippen LogP) is 1.31. The Balaban J connectivity index is 1.73. The number of hydrogen-bond donors (Lipinski definition) is 2. The number of hydrogen-bond acceptors (Lipinski definition) is 4. The molecule has 98 valence electrons. The maximum Gasteiger partial charge on any atom is 0.0588 e. The van der Waals surface area contributed by atoms with E-state index in [1.54, 1.807) is 0 Å². The summed E-state index contributed by atoms with van der Waals surface area (Å²) in [6.07, 6.45) is 3.95. The van der Waals surface area contributed by atoms with E-state index < -0.39 is 0 Å². The van der Waals surface area contributed by atoms with Crippen LogP contribution in [0.1, 0.15) is 31.5 Å². The van der Waals surface area contributed by atoms with Crippen LogP contribution in [0.25, 0.3) is 0 Å². The van der Waals surface area contributed by atoms with Crippen molar-refractivity contribution in [1.29, 1.82) is 0 Å². The zero-order valence-electron chi connectivity index (χ0n) is 10.8. The van der Waals surface area contributed by atoms with E-state index in [-0.39, 0.29) is 12.1 Å². The Morgan fingerprint density at radius 2 is 2.22 bits per heavy atom. The second-order valence-corrected chi connectivity index (χ2v) is 5.70. The molecule has 1 aliphatic carbocycles. The Kier molecular flexibility index (Phi) is 2.99. The molecule has 4 heteroatoms. The van der Waals surface area contributed by atoms with E-state index in [1.165, 1.54) is 0 Å². The Morgan fingerprint density at radius 3 is 2.83 bits per heavy atom. The summed E-state index contributed by atoms with van der Waals surface area (Å²) in [4.78, 5) is 6.75. The van der Waals surface area contributed by atoms with Gasteiger partial charge in [0, 0.05) is 25.0 Å². The highest BCUT2D eigenvalue weighted by Crippen LogP contribution is 2.39. The summed E-state index contributed by atoms with van der Waals surface area (Å²) < 4.78 is 0. The molecular formula is C14H21N3O. The number of rotatable bonds is 2. The molecule has 2 aliphatic rings. The molecule has 1 saturated heterocycles. The van der Waals surface area contributed by atoms with E-state index >= 15 is 0 Å². The molecule has 1 aliphatic heterocycles. The van der Waals surface area contributed by atoms with Crippen LogP contribution in [0.15, 0.2) is 18.3 Å². The van der Waals surface area contributed by atoms with E-state index in [2.05, 4.69) is 16.0 Å². The molecule has 0 spiro atoms. The largest absolute Gasteiger partial charge is 0.393 e. The van der Waals surface area contributed by atoms with Crippen LogP contribution in [0.3, 0.4) is 0 Å². The first-order chi connectivity index (χ1) is 8.65. The van der Waals surface area contributed by atoms with Crippen LogP contribution in [0, 0.1) is 11.8 Å². The van der Waals surface area contributed by atoms with E-state index in [1.807, 2.05) is 19.2 Å². The van der Waals surface area contributed by atoms with Crippen LogP contribution in [-0.4, -0.2) is 29.3 Å². The van der Waals surface area contributed by atoms with Crippen molar-refractivity contribution < 1.29 is 5.11 Å². The van der Waals surface area contributed by atoms with Gasteiger partial charge in [-0.25, -0.2) is 0 Å². The summed E-state index contributed by atoms with van der Waals surface area (Å²) in [5.74, 6) is 1.12. The van der Waals surface area contributed by atoms with E-state index in [9.17, 15) is 5.11 Å². The van der Waals surface area contributed by atoms with E-state index in [4.69, 9.17) is 5.73 Å². The molecule has 3 rings (SSSR count). The average Bonchev–Trinajstić information content (AvgIpc) is 2.92. The number of aliphatic hydroxyl groups excluding tert-OH is 1. The fraction of sp³-hybridized carbons (Fsp3) is 0.643. The molecule has 3 N–H and O–H groups in total. The molecule has 0 bridgehead atoms. The minimum Gasteiger partial charge on any atom is -0.393 e. The highest BCUT2D eigenvalue weighted by atomic mass is 16.3. The van der Waals surface area contributed by atoms with Crippen molar-refractivity contribution in [3.8, 4) is 0 Å². The van der Waals surface area contributed by atoms with Gasteiger partial charge in [-0.05, 0) is 37.8 Å². The third-order valence-corrected chi connectivity index (χ3v) is 4.42. The summed E-state index contributed by atoms with van der Waals surface area (Å²) in [5, 5.41) is 9.92. The third-order valence-electron chi connectivity index (χ3n) is 4.42. The molecule has 1 aromatic heterocycles. The molecule has 1 aromatic rings. The molecule has 4 unspecified atom stereocenters. The fourth-order valence-electron chi connectivity index (χ4n) is 3.30. The van der Waals surface area contributed by atoms with Crippen LogP contribution >= 0.6 is 0 Å². The second kappa shape index (κ2) is 4.52. The Hall–Kier alpha value is -1.13. The topological polar surface area (TPSA) is 62.4 Å². The lowest BCUT2D eigenvalue weighted by Gasteiger charge is -2.20. The van der Waals surface area contributed by atoms with E-state index in [0.29, 0.717) is 11.8 Å². The molecule has 2 heterocycles. The fourth-order valence-corrected chi connectivity index (χ4v) is 3.30. The first-order valence-corrected chi connectivity index (χ1v) is 6.79. The molecule has 4 nitrogen and oxygen atoms in total. The predicted molar refractivity (Wildman–Crippen MR) is 71.3 cm³/mol. The van der Waals surface area contributed by atoms with Crippen LogP contribution < -0.4 is 10.6 Å². The zero-order chi connectivity index (χ0) is 12.7. The molecule has 18 heavy (non-hydrogen) atoms. The summed E-state index contributed by atoms with van der Waals surface area (Å²) >= 11 is 0. The van der Waals surface area contributed by atoms with Gasteiger partial charge in [0.25, 0.3) is 0 Å². The molecule has 0 amide bonds. The number of aliphatic hydroxyl groups is 1. The SMILES string of the molecule is CC(N)c1ccc(N2CC3CCC(O)C3C2)cn1. The van der Waals surface area contributed by atoms with Crippen molar-refractivity contribution in [1.82, 2.24) is 4.98 Å². The smallest absolute Gasteiger partial charge is 0.0588 e. The summed E-state index contributed by atoms with van der Waals surface area (Å²) in [6, 6.07) is 4.09. The number of nitrogens with two attached hydrogens (primary N) is 1. The summed E-state index contributed by atoms with van der Waals surface area (Å²) in [6.45, 7) is 3.96. The van der Waals surface area contributed by atoms with Gasteiger partial charge < -0.3 is 15.7 Å². The van der Waals surface area contributed by atoms with Crippen molar-refractivity contribution in [3.63, 3.8) is 0 Å². The number of nitrogens with zero attached hydrogens (tertiary/aromatic N) is 2. The van der Waals surface area contributed by atoms with Gasteiger partial charge >= 0.3 is 0 Å². The molecule has 2 fully saturated rings. The van der Waals surface area contributed by atoms with Crippen molar-refractivity contribution in [3.05, 3.63) is 24.0 Å². The van der Waals surface area contributed by atoms with Gasteiger partial charge in [-0.3, -0.25) is 4.98 Å². The normalized spacial score (nSPS) is 32.6. The van der Waals surface area contributed by atoms with Gasteiger partial charge in [0.15, 0.2) is 0 Å². The minimum absolute atomic E-state index is 0.0150. The van der Waals surface area contributed by atoms with Gasteiger partial charge in [0.2, 0.25) is 0 Å². The third kappa shape index (κ3) is 1.99. The zero-order valence-corrected chi connectivity index (χ0v) is 10.8. The Labute approximate surface area is 108 Å². The van der Waals surface area contributed by atoms with Gasteiger partial charge in [-0.15, -0.1) is 0 Å². The monoisotopic (exact) mass is 247 g/mol. The maximum absolute atomic E-state index is 9.92. The van der Waals surface area contributed by atoms with Crippen molar-refractivity contribution in [2.75, 3.05) is 18.0 Å². The van der Waals surface area contributed by atoms with Gasteiger partial charge in [0.05, 0.1) is 23.7 Å². The van der Waals surface area contributed by atoms with Crippen molar-refractivity contribution in [2.24, 2.45) is 17.6 Å². The molecule has 0 aromatic carbocycles. The molecule has 4 atom stereocenters. The quantitative estimate of drug-likeness (QED) is 0.827. The van der Waals surface area contributed by atoms with Crippen LogP contribution in [0.4, 0.5) is 5.69 Å². The van der Waals surface area contributed by atoms with E-state index in [0.717, 1.165) is 37.3 Å². The summed E-state index contributed by atoms with van der Waals surface area (Å²) in [5.41, 5.74) is 7.88. The van der Waals surface area contributed by atoms with Crippen LogP contribution in [0.5, 0.6) is 0 Å². The molecular weight excluding hydrogens is 226 g/mol. The summed E-state index contributed by atoms with van der Waals surface area (Å²) in [7, 11) is 0. The average molecular weight is 247 g/mol. The van der Waals surface area contributed by atoms with Crippen molar-refractivity contribution in [2.45, 2.75) is 31.9 Å². The highest BCUT2D eigenvalue weighted by Gasteiger charge is 2.41. The lowest BCUT2D eigenvalue weighted by Crippen LogP contribution is -2.24. The second-order valence-electron chi connectivity index (χ2n) is 5.70. The van der Waals surface area contributed by atoms with Gasteiger partial charge in [0.1, 0.15) is 0 Å². The molecule has 0 radical (unpaired) electrons. The minimum atomic E-state index is -0.101. The maximum atomic E-state index is 9.92. The first-order valence-electron chi connectivity index (χ1n) is 6.79. The number of aromatic nitrogens is 1. The number of fused-ring (bicyclic) bond motifs is 1. The molecule has 1 saturated carbocycles. The standard InChI is InChI=1S/C14H21N3O/c1-9(15)13-4-3-11(6-16-13)17-7-10-2-5-14(18)12(10)8-17/h3-4,6,9-10,12,14,18H,2,5,7-8,15H2,1H3. The van der Waals surface area contributed by atoms with Crippen molar-refractivity contribution >= 4 is 5.69 Å². The Morgan fingerprint density at radius 1 is 1.39 bits per heavy atom. The van der Waals surface area contributed by atoms with Gasteiger partial charge in [-0.2, -0.15) is 0 Å². The van der Waals surface area contributed by atoms with Crippen LogP contribution in [0.2, 0.25) is 0 Å². The number of anilines is 1. The van der Waals surface area contributed by atoms with Gasteiger partial charge in [-0.1, -0.05) is 0 Å². The number of pyridine rings is 1. The first kappa shape index (κ1) is 11.9. The lowest BCUT2D eigenvalue weighted by molar-refractivity contribution is 0.133. The lowest BCUT2D eigenvalue weighted by atomic mass is 10.00. The Bertz CT molecular complexity index is 418. The van der Waals surface area contributed by atoms with Crippen LogP contribution in [-0.2, 0) is 0 Å².